The highest BCUT2D eigenvalue weighted by molar-refractivity contribution is 7.85. The van der Waals surface area contributed by atoms with Crippen LogP contribution in [0.2, 0.25) is 0 Å². The van der Waals surface area contributed by atoms with Crippen molar-refractivity contribution in [3.8, 4) is 0 Å². The van der Waals surface area contributed by atoms with Crippen LogP contribution in [0.3, 0.4) is 0 Å². The van der Waals surface area contributed by atoms with E-state index in [2.05, 4.69) is 46.1 Å². The summed E-state index contributed by atoms with van der Waals surface area (Å²) in [6, 6.07) is 0. The highest BCUT2D eigenvalue weighted by Gasteiger charge is 2.38. The number of hydrogen-bond acceptors (Lipinski definition) is 4. The maximum atomic E-state index is 12.5. The molecule has 23 heavy (non-hydrogen) atoms. The highest BCUT2D eigenvalue weighted by atomic mass is 32.2. The molecule has 0 bridgehead atoms. The van der Waals surface area contributed by atoms with Gasteiger partial charge in [-0.1, -0.05) is 5.57 Å². The number of nitrogens with one attached hydrogen (secondary N) is 2. The molecule has 1 rings (SSSR count). The van der Waals surface area contributed by atoms with Gasteiger partial charge < -0.3 is 10.6 Å². The monoisotopic (exact) mass is 338 g/mol. The van der Waals surface area contributed by atoms with Crippen molar-refractivity contribution in [1.29, 1.82) is 0 Å². The van der Waals surface area contributed by atoms with Crippen LogP contribution in [0.15, 0.2) is 31.9 Å². The Kier molecular flexibility index (Phi) is 7.19. The number of carbonyl (C=O) groups excluding carboxylic acids is 1. The van der Waals surface area contributed by atoms with Gasteiger partial charge in [0.15, 0.2) is 0 Å². The van der Waals surface area contributed by atoms with E-state index in [0.29, 0.717) is 24.5 Å². The van der Waals surface area contributed by atoms with Crippen LogP contribution in [0, 0.1) is 0 Å². The molecule has 1 aliphatic rings. The van der Waals surface area contributed by atoms with Gasteiger partial charge in [-0.2, -0.15) is 0 Å². The van der Waals surface area contributed by atoms with E-state index in [1.807, 2.05) is 20.8 Å². The molecule has 0 aromatic rings. The zero-order chi connectivity index (χ0) is 17.6. The average Bonchev–Trinajstić information content (AvgIpc) is 3.18. The number of aliphatic imine (C=N–C) groups is 1. The van der Waals surface area contributed by atoms with Crippen LogP contribution in [0.5, 0.6) is 0 Å². The Bertz CT molecular complexity index is 563. The van der Waals surface area contributed by atoms with E-state index in [0.717, 1.165) is 24.0 Å². The van der Waals surface area contributed by atoms with Crippen LogP contribution in [0.1, 0.15) is 40.5 Å². The number of nitrogens with zero attached hydrogens (tertiary/aromatic N) is 2. The van der Waals surface area contributed by atoms with Crippen molar-refractivity contribution in [2.45, 2.75) is 46.1 Å². The minimum Gasteiger partial charge on any atom is -0.365 e. The van der Waals surface area contributed by atoms with Gasteiger partial charge in [-0.25, -0.2) is 4.99 Å². The molecule has 0 aliphatic heterocycles. The molecule has 0 atom stereocenters. The molecule has 0 heterocycles. The Morgan fingerprint density at radius 2 is 1.87 bits per heavy atom. The van der Waals surface area contributed by atoms with Crippen molar-refractivity contribution in [3.05, 3.63) is 22.5 Å². The number of hydrogen-bond donors (Lipinski definition) is 2. The molecule has 6 heteroatoms. The second-order valence-corrected chi connectivity index (χ2v) is 8.38. The highest BCUT2D eigenvalue weighted by Crippen LogP contribution is 2.36. The van der Waals surface area contributed by atoms with Gasteiger partial charge in [0.2, 0.25) is 0 Å². The lowest BCUT2D eigenvalue weighted by Crippen LogP contribution is -2.31. The van der Waals surface area contributed by atoms with Crippen LogP contribution in [0.25, 0.3) is 0 Å². The van der Waals surface area contributed by atoms with E-state index in [-0.39, 0.29) is 22.1 Å². The summed E-state index contributed by atoms with van der Waals surface area (Å²) in [5.74, 6) is 0.624. The van der Waals surface area contributed by atoms with Gasteiger partial charge in [0.05, 0.1) is 6.54 Å². The maximum absolute atomic E-state index is 12.5. The van der Waals surface area contributed by atoms with E-state index in [1.165, 1.54) is 0 Å². The molecule has 0 aromatic carbocycles. The van der Waals surface area contributed by atoms with Gasteiger partial charge in [-0.15, -0.1) is 10.7 Å². The number of carbonyl (C=O) groups is 1. The quantitative estimate of drug-likeness (QED) is 0.309. The lowest BCUT2D eigenvalue weighted by atomic mass is 10.0. The Labute approximate surface area is 142 Å². The van der Waals surface area contributed by atoms with Crippen molar-refractivity contribution in [3.63, 3.8) is 0 Å². The molecule has 5 nitrogen and oxygen atoms in total. The van der Waals surface area contributed by atoms with Crippen LogP contribution >= 0.6 is 0 Å². The lowest BCUT2D eigenvalue weighted by molar-refractivity contribution is -0.117. The molecule has 1 fully saturated rings. The first kappa shape index (κ1) is 19.6. The minimum atomic E-state index is -0.0753. The predicted molar refractivity (Wildman–Crippen MR) is 101 cm³/mol. The summed E-state index contributed by atoms with van der Waals surface area (Å²) in [4.78, 5) is 16.6. The van der Waals surface area contributed by atoms with Crippen molar-refractivity contribution < 1.29 is 4.79 Å². The standard InChI is InChI=1S/C17H30N4OS/c1-12(2)14(16(22)19-10-11-20-23(6)7)13(3)15(18-5)21-17(4)8-9-17/h21H,5,8-11H2,1-4,6-7H3,(H,19,22)/b15-13-. The molecule has 1 amide bonds. The normalized spacial score (nSPS) is 16.3. The molecule has 0 unspecified atom stereocenters. The molecule has 0 radical (unpaired) electrons. The van der Waals surface area contributed by atoms with E-state index in [9.17, 15) is 4.79 Å². The van der Waals surface area contributed by atoms with Crippen LogP contribution in [0.4, 0.5) is 0 Å². The van der Waals surface area contributed by atoms with Crippen LogP contribution in [-0.4, -0.2) is 43.8 Å². The zero-order valence-electron chi connectivity index (χ0n) is 15.2. The van der Waals surface area contributed by atoms with E-state index < -0.39 is 0 Å². The first-order chi connectivity index (χ1) is 10.7. The van der Waals surface area contributed by atoms with E-state index in [1.54, 1.807) is 0 Å². The fourth-order valence-corrected chi connectivity index (χ4v) is 2.68. The molecule has 0 aromatic heterocycles. The Balaban J connectivity index is 2.88. The smallest absolute Gasteiger partial charge is 0.251 e. The third kappa shape index (κ3) is 6.29. The van der Waals surface area contributed by atoms with Gasteiger partial charge in [0, 0.05) is 23.2 Å². The number of allylic oxidation sites excluding steroid dienone is 1. The molecule has 1 aliphatic carbocycles. The fourth-order valence-electron chi connectivity index (χ4n) is 2.23. The maximum Gasteiger partial charge on any atom is 0.251 e. The van der Waals surface area contributed by atoms with Crippen molar-refractivity contribution in [2.75, 3.05) is 25.6 Å². The summed E-state index contributed by atoms with van der Waals surface area (Å²) in [5.41, 5.74) is 2.58. The van der Waals surface area contributed by atoms with Crippen LogP contribution < -0.4 is 10.6 Å². The Hall–Kier alpha value is -1.43. The third-order valence-electron chi connectivity index (χ3n) is 3.78. The summed E-state index contributed by atoms with van der Waals surface area (Å²) in [6.07, 6.45) is 6.35. The van der Waals surface area contributed by atoms with Gasteiger partial charge in [-0.3, -0.25) is 9.16 Å². The second-order valence-electron chi connectivity index (χ2n) is 6.57. The van der Waals surface area contributed by atoms with Crippen LogP contribution in [-0.2, 0) is 15.5 Å². The summed E-state index contributed by atoms with van der Waals surface area (Å²) < 4.78 is 4.40. The summed E-state index contributed by atoms with van der Waals surface area (Å²) in [6.45, 7) is 12.8. The molecule has 0 spiro atoms. The molecule has 2 N–H and O–H groups in total. The van der Waals surface area contributed by atoms with Crippen molar-refractivity contribution in [2.24, 2.45) is 9.36 Å². The molecule has 0 saturated heterocycles. The predicted octanol–water partition coefficient (Wildman–Crippen LogP) is 2.57. The van der Waals surface area contributed by atoms with E-state index in [4.69, 9.17) is 0 Å². The Morgan fingerprint density at radius 3 is 2.30 bits per heavy atom. The SMILES string of the molecule is C=N/C(NC1(C)CC1)=C(\C)C(C(=O)NCCN=S(C)C)=C(C)C. The average molecular weight is 339 g/mol. The summed E-state index contributed by atoms with van der Waals surface area (Å²) in [7, 11) is 0.0473. The third-order valence-corrected chi connectivity index (χ3v) is 4.48. The number of amides is 1. The van der Waals surface area contributed by atoms with Gasteiger partial charge in [-0.05, 0) is 59.8 Å². The molecular weight excluding hydrogens is 308 g/mol. The van der Waals surface area contributed by atoms with Gasteiger partial charge in [0.1, 0.15) is 5.82 Å². The fraction of sp³-hybridized carbons (Fsp3) is 0.647. The summed E-state index contributed by atoms with van der Waals surface area (Å²) in [5, 5.41) is 6.36. The first-order valence-corrected chi connectivity index (χ1v) is 9.87. The Morgan fingerprint density at radius 1 is 1.26 bits per heavy atom. The lowest BCUT2D eigenvalue weighted by Gasteiger charge is -2.18. The molecule has 1 saturated carbocycles. The van der Waals surface area contributed by atoms with Gasteiger partial charge in [0.25, 0.3) is 5.91 Å². The minimum absolute atomic E-state index is 0.0473. The van der Waals surface area contributed by atoms with Gasteiger partial charge >= 0.3 is 0 Å². The number of rotatable bonds is 8. The van der Waals surface area contributed by atoms with Crippen molar-refractivity contribution >= 4 is 23.3 Å². The largest absolute Gasteiger partial charge is 0.365 e. The zero-order valence-corrected chi connectivity index (χ0v) is 16.1. The van der Waals surface area contributed by atoms with Crippen molar-refractivity contribution in [1.82, 2.24) is 10.6 Å². The topological polar surface area (TPSA) is 65.8 Å². The van der Waals surface area contributed by atoms with E-state index >= 15 is 0 Å². The molecular formula is C17H30N4OS. The second kappa shape index (κ2) is 8.43. The molecule has 130 valence electrons. The summed E-state index contributed by atoms with van der Waals surface area (Å²) >= 11 is 0. The first-order valence-electron chi connectivity index (χ1n) is 7.87.